The van der Waals surface area contributed by atoms with Crippen LogP contribution in [0.4, 0.5) is 0 Å². The third-order valence-corrected chi connectivity index (χ3v) is 3.40. The molecule has 0 bridgehead atoms. The van der Waals surface area contributed by atoms with Crippen LogP contribution in [0, 0.1) is 0 Å². The molecule has 1 aliphatic rings. The minimum absolute atomic E-state index is 0.154. The summed E-state index contributed by atoms with van der Waals surface area (Å²) in [7, 11) is 1.37. The highest BCUT2D eigenvalue weighted by atomic mass is 16.5. The van der Waals surface area contributed by atoms with Gasteiger partial charge in [-0.15, -0.1) is 0 Å². The van der Waals surface area contributed by atoms with Crippen LogP contribution in [-0.4, -0.2) is 31.6 Å². The highest BCUT2D eigenvalue weighted by Gasteiger charge is 2.22. The molecule has 2 N–H and O–H groups in total. The molecular weight excluding hydrogens is 268 g/mol. The summed E-state index contributed by atoms with van der Waals surface area (Å²) < 4.78 is 4.65. The van der Waals surface area contributed by atoms with Crippen molar-refractivity contribution in [3.63, 3.8) is 0 Å². The Balaban J connectivity index is 1.59. The fourth-order valence-electron chi connectivity index (χ4n) is 2.01. The van der Waals surface area contributed by atoms with Crippen LogP contribution in [0.2, 0.25) is 0 Å². The van der Waals surface area contributed by atoms with Crippen molar-refractivity contribution in [3.8, 4) is 0 Å². The summed E-state index contributed by atoms with van der Waals surface area (Å²) in [6.07, 6.45) is 3.67. The first-order valence-electron chi connectivity index (χ1n) is 7.36. The molecule has 1 aromatic rings. The SMILES string of the molecule is COC(=O)c1ccc(CNCCCC(=O)NC2CC2)cc1. The van der Waals surface area contributed by atoms with E-state index in [1.54, 1.807) is 12.1 Å². The van der Waals surface area contributed by atoms with E-state index in [1.807, 2.05) is 12.1 Å². The number of benzene rings is 1. The number of nitrogens with one attached hydrogen (secondary N) is 2. The quantitative estimate of drug-likeness (QED) is 0.564. The third kappa shape index (κ3) is 5.55. The van der Waals surface area contributed by atoms with Gasteiger partial charge in [0.1, 0.15) is 0 Å². The van der Waals surface area contributed by atoms with E-state index in [9.17, 15) is 9.59 Å². The zero-order chi connectivity index (χ0) is 15.1. The van der Waals surface area contributed by atoms with E-state index in [2.05, 4.69) is 15.4 Å². The molecule has 0 unspecified atom stereocenters. The van der Waals surface area contributed by atoms with E-state index in [1.165, 1.54) is 7.11 Å². The summed E-state index contributed by atoms with van der Waals surface area (Å²) in [6.45, 7) is 1.53. The zero-order valence-electron chi connectivity index (χ0n) is 12.4. The predicted molar refractivity (Wildman–Crippen MR) is 79.9 cm³/mol. The molecule has 21 heavy (non-hydrogen) atoms. The van der Waals surface area contributed by atoms with Crippen molar-refractivity contribution in [1.29, 1.82) is 0 Å². The lowest BCUT2D eigenvalue weighted by Crippen LogP contribution is -2.26. The zero-order valence-corrected chi connectivity index (χ0v) is 12.4. The predicted octanol–water partition coefficient (Wildman–Crippen LogP) is 1.62. The molecule has 5 heteroatoms. The lowest BCUT2D eigenvalue weighted by molar-refractivity contribution is -0.121. The molecule has 1 aromatic carbocycles. The van der Waals surface area contributed by atoms with Gasteiger partial charge in [0.2, 0.25) is 5.91 Å². The van der Waals surface area contributed by atoms with Crippen LogP contribution in [0.1, 0.15) is 41.6 Å². The van der Waals surface area contributed by atoms with Crippen LogP contribution in [0.5, 0.6) is 0 Å². The van der Waals surface area contributed by atoms with Gasteiger partial charge in [-0.1, -0.05) is 12.1 Å². The highest BCUT2D eigenvalue weighted by Crippen LogP contribution is 2.18. The molecule has 0 saturated heterocycles. The Morgan fingerprint density at radius 2 is 1.95 bits per heavy atom. The Labute approximate surface area is 125 Å². The number of amides is 1. The second-order valence-electron chi connectivity index (χ2n) is 5.31. The molecule has 0 spiro atoms. The van der Waals surface area contributed by atoms with Gasteiger partial charge in [-0.2, -0.15) is 0 Å². The molecule has 0 radical (unpaired) electrons. The Morgan fingerprint density at radius 3 is 2.57 bits per heavy atom. The van der Waals surface area contributed by atoms with Gasteiger partial charge in [0.25, 0.3) is 0 Å². The Bertz CT molecular complexity index is 481. The van der Waals surface area contributed by atoms with Gasteiger partial charge in [0.15, 0.2) is 0 Å². The Kier molecular flexibility index (Phi) is 5.75. The van der Waals surface area contributed by atoms with Crippen molar-refractivity contribution in [2.24, 2.45) is 0 Å². The molecule has 0 heterocycles. The molecule has 1 saturated carbocycles. The molecule has 0 aliphatic heterocycles. The van der Waals surface area contributed by atoms with Gasteiger partial charge < -0.3 is 15.4 Å². The monoisotopic (exact) mass is 290 g/mol. The number of rotatable bonds is 8. The Morgan fingerprint density at radius 1 is 1.24 bits per heavy atom. The van der Waals surface area contributed by atoms with Crippen LogP contribution < -0.4 is 10.6 Å². The number of carbonyl (C=O) groups is 2. The molecule has 114 valence electrons. The van der Waals surface area contributed by atoms with Gasteiger partial charge in [0, 0.05) is 19.0 Å². The maximum atomic E-state index is 11.5. The topological polar surface area (TPSA) is 67.4 Å². The van der Waals surface area contributed by atoms with Crippen LogP contribution in [-0.2, 0) is 16.1 Å². The van der Waals surface area contributed by atoms with E-state index in [4.69, 9.17) is 0 Å². The lowest BCUT2D eigenvalue weighted by atomic mass is 10.1. The first-order valence-corrected chi connectivity index (χ1v) is 7.36. The third-order valence-electron chi connectivity index (χ3n) is 3.40. The van der Waals surface area contributed by atoms with E-state index in [0.717, 1.165) is 37.9 Å². The number of methoxy groups -OCH3 is 1. The molecule has 0 atom stereocenters. The van der Waals surface area contributed by atoms with Gasteiger partial charge in [-0.25, -0.2) is 4.79 Å². The van der Waals surface area contributed by atoms with E-state index >= 15 is 0 Å². The summed E-state index contributed by atoms with van der Waals surface area (Å²) in [4.78, 5) is 22.8. The largest absolute Gasteiger partial charge is 0.465 e. The summed E-state index contributed by atoms with van der Waals surface area (Å²) in [5, 5.41) is 6.27. The van der Waals surface area contributed by atoms with Crippen molar-refractivity contribution in [1.82, 2.24) is 10.6 Å². The number of ether oxygens (including phenoxy) is 1. The molecule has 1 amide bonds. The van der Waals surface area contributed by atoms with Crippen LogP contribution in [0.25, 0.3) is 0 Å². The van der Waals surface area contributed by atoms with Crippen LogP contribution in [0.3, 0.4) is 0 Å². The minimum atomic E-state index is -0.323. The van der Waals surface area contributed by atoms with Crippen molar-refractivity contribution in [3.05, 3.63) is 35.4 Å². The fraction of sp³-hybridized carbons (Fsp3) is 0.500. The molecule has 5 nitrogen and oxygen atoms in total. The second kappa shape index (κ2) is 7.78. The molecule has 1 fully saturated rings. The van der Waals surface area contributed by atoms with Crippen molar-refractivity contribution < 1.29 is 14.3 Å². The summed E-state index contributed by atoms with van der Waals surface area (Å²) in [6, 6.07) is 7.76. The number of hydrogen-bond donors (Lipinski definition) is 2. The van der Waals surface area contributed by atoms with Gasteiger partial charge in [0.05, 0.1) is 12.7 Å². The maximum absolute atomic E-state index is 11.5. The second-order valence-corrected chi connectivity index (χ2v) is 5.31. The van der Waals surface area contributed by atoms with Crippen molar-refractivity contribution in [2.45, 2.75) is 38.3 Å². The number of hydrogen-bond acceptors (Lipinski definition) is 4. The lowest BCUT2D eigenvalue weighted by Gasteiger charge is -2.06. The summed E-state index contributed by atoms with van der Waals surface area (Å²) in [5.74, 6) is -0.169. The molecule has 0 aromatic heterocycles. The maximum Gasteiger partial charge on any atom is 0.337 e. The van der Waals surface area contributed by atoms with Crippen molar-refractivity contribution >= 4 is 11.9 Å². The smallest absolute Gasteiger partial charge is 0.337 e. The van der Waals surface area contributed by atoms with Gasteiger partial charge in [-0.05, 0) is 43.5 Å². The van der Waals surface area contributed by atoms with Gasteiger partial charge >= 0.3 is 5.97 Å². The first-order chi connectivity index (χ1) is 10.2. The van der Waals surface area contributed by atoms with E-state index < -0.39 is 0 Å². The summed E-state index contributed by atoms with van der Waals surface area (Å²) in [5.41, 5.74) is 1.66. The fourth-order valence-corrected chi connectivity index (χ4v) is 2.01. The number of carbonyl (C=O) groups excluding carboxylic acids is 2. The highest BCUT2D eigenvalue weighted by molar-refractivity contribution is 5.89. The van der Waals surface area contributed by atoms with Crippen LogP contribution in [0.15, 0.2) is 24.3 Å². The van der Waals surface area contributed by atoms with Crippen LogP contribution >= 0.6 is 0 Å². The standard InChI is InChI=1S/C16H22N2O3/c1-21-16(20)13-6-4-12(5-7-13)11-17-10-2-3-15(19)18-14-8-9-14/h4-7,14,17H,2-3,8-11H2,1H3,(H,18,19). The first kappa shape index (κ1) is 15.5. The minimum Gasteiger partial charge on any atom is -0.465 e. The molecular formula is C16H22N2O3. The number of esters is 1. The Hall–Kier alpha value is -1.88. The summed E-state index contributed by atoms with van der Waals surface area (Å²) >= 11 is 0. The van der Waals surface area contributed by atoms with Crippen molar-refractivity contribution in [2.75, 3.05) is 13.7 Å². The van der Waals surface area contributed by atoms with Gasteiger partial charge in [-0.3, -0.25) is 4.79 Å². The molecule has 2 rings (SSSR count). The van der Waals surface area contributed by atoms with E-state index in [-0.39, 0.29) is 11.9 Å². The average molecular weight is 290 g/mol. The normalized spacial score (nSPS) is 13.8. The molecule has 1 aliphatic carbocycles. The van der Waals surface area contributed by atoms with E-state index in [0.29, 0.717) is 18.0 Å². The average Bonchev–Trinajstić information content (AvgIpc) is 3.30.